The first-order valence-corrected chi connectivity index (χ1v) is 8.37. The van der Waals surface area contributed by atoms with Gasteiger partial charge in [-0.1, -0.05) is 6.42 Å². The molecular formula is C16H22N2OS. The summed E-state index contributed by atoms with van der Waals surface area (Å²) in [6.07, 6.45) is 5.76. The van der Waals surface area contributed by atoms with Gasteiger partial charge in [-0.25, -0.2) is 0 Å². The molecule has 20 heavy (non-hydrogen) atoms. The van der Waals surface area contributed by atoms with Crippen LogP contribution >= 0.6 is 11.3 Å². The van der Waals surface area contributed by atoms with Crippen LogP contribution in [-0.4, -0.2) is 24.5 Å². The van der Waals surface area contributed by atoms with Gasteiger partial charge < -0.3 is 9.73 Å². The maximum atomic E-state index is 5.66. The number of likely N-dealkylation sites (tertiary alicyclic amines) is 1. The predicted octanol–water partition coefficient (Wildman–Crippen LogP) is 3.66. The van der Waals surface area contributed by atoms with Crippen molar-refractivity contribution in [1.82, 2.24) is 10.2 Å². The minimum atomic E-state index is 0.365. The van der Waals surface area contributed by atoms with E-state index in [2.05, 4.69) is 33.1 Å². The van der Waals surface area contributed by atoms with E-state index >= 15 is 0 Å². The highest BCUT2D eigenvalue weighted by atomic mass is 32.1. The highest BCUT2D eigenvalue weighted by Crippen LogP contribution is 2.24. The molecule has 2 aromatic rings. The normalized spacial score (nSPS) is 18.2. The second-order valence-corrected chi connectivity index (χ2v) is 6.17. The first kappa shape index (κ1) is 13.9. The highest BCUT2D eigenvalue weighted by molar-refractivity contribution is 7.07. The van der Waals surface area contributed by atoms with E-state index in [9.17, 15) is 0 Å². The molecule has 0 spiro atoms. The zero-order valence-corrected chi connectivity index (χ0v) is 12.6. The summed E-state index contributed by atoms with van der Waals surface area (Å²) >= 11 is 1.76. The van der Waals surface area contributed by atoms with E-state index in [1.165, 1.54) is 37.9 Å². The first-order chi connectivity index (χ1) is 9.93. The Bertz CT molecular complexity index is 475. The first-order valence-electron chi connectivity index (χ1n) is 7.43. The maximum absolute atomic E-state index is 5.66. The summed E-state index contributed by atoms with van der Waals surface area (Å²) in [5.74, 6) is 1.09. The molecule has 2 aromatic heterocycles. The second-order valence-electron chi connectivity index (χ2n) is 5.39. The molecule has 4 heteroatoms. The summed E-state index contributed by atoms with van der Waals surface area (Å²) in [5, 5.41) is 7.91. The van der Waals surface area contributed by atoms with Gasteiger partial charge in [-0.3, -0.25) is 4.90 Å². The molecule has 1 fully saturated rings. The topological polar surface area (TPSA) is 28.4 Å². The number of nitrogens with zero attached hydrogens (tertiary/aromatic N) is 1. The van der Waals surface area contributed by atoms with Gasteiger partial charge in [-0.05, 0) is 60.5 Å². The smallest absolute Gasteiger partial charge is 0.122 e. The predicted molar refractivity (Wildman–Crippen MR) is 82.9 cm³/mol. The number of nitrogens with one attached hydrogen (secondary N) is 1. The molecule has 1 aliphatic heterocycles. The van der Waals surface area contributed by atoms with Crippen molar-refractivity contribution in [2.75, 3.05) is 19.6 Å². The van der Waals surface area contributed by atoms with Crippen LogP contribution < -0.4 is 5.32 Å². The van der Waals surface area contributed by atoms with E-state index < -0.39 is 0 Å². The van der Waals surface area contributed by atoms with Gasteiger partial charge in [0.2, 0.25) is 0 Å². The van der Waals surface area contributed by atoms with Crippen LogP contribution in [0.25, 0.3) is 0 Å². The third kappa shape index (κ3) is 3.51. The quantitative estimate of drug-likeness (QED) is 0.880. The zero-order valence-electron chi connectivity index (χ0n) is 11.8. The van der Waals surface area contributed by atoms with Crippen molar-refractivity contribution >= 4 is 11.3 Å². The van der Waals surface area contributed by atoms with Gasteiger partial charge in [0.05, 0.1) is 12.3 Å². The Morgan fingerprint density at radius 3 is 2.85 bits per heavy atom. The molecule has 0 bridgehead atoms. The van der Waals surface area contributed by atoms with E-state index in [-0.39, 0.29) is 0 Å². The van der Waals surface area contributed by atoms with Crippen LogP contribution in [0.4, 0.5) is 0 Å². The van der Waals surface area contributed by atoms with Crippen LogP contribution in [0.1, 0.15) is 36.6 Å². The number of furan rings is 1. The molecule has 1 unspecified atom stereocenters. The van der Waals surface area contributed by atoms with Gasteiger partial charge in [0.15, 0.2) is 0 Å². The monoisotopic (exact) mass is 290 g/mol. The van der Waals surface area contributed by atoms with Crippen molar-refractivity contribution in [2.45, 2.75) is 31.8 Å². The molecule has 1 N–H and O–H groups in total. The number of hydrogen-bond donors (Lipinski definition) is 1. The van der Waals surface area contributed by atoms with Crippen molar-refractivity contribution in [3.05, 3.63) is 46.5 Å². The molecule has 0 saturated carbocycles. The molecule has 0 amide bonds. The molecule has 3 heterocycles. The fourth-order valence-corrected chi connectivity index (χ4v) is 3.54. The van der Waals surface area contributed by atoms with Crippen LogP contribution in [0, 0.1) is 0 Å². The average Bonchev–Trinajstić information content (AvgIpc) is 3.18. The van der Waals surface area contributed by atoms with Crippen LogP contribution in [0.5, 0.6) is 0 Å². The Labute approximate surface area is 124 Å². The lowest BCUT2D eigenvalue weighted by Crippen LogP contribution is -2.38. The van der Waals surface area contributed by atoms with Crippen molar-refractivity contribution in [3.63, 3.8) is 0 Å². The zero-order chi connectivity index (χ0) is 13.6. The number of piperidine rings is 1. The van der Waals surface area contributed by atoms with Crippen molar-refractivity contribution in [3.8, 4) is 0 Å². The molecule has 3 nitrogen and oxygen atoms in total. The van der Waals surface area contributed by atoms with Crippen LogP contribution in [0.2, 0.25) is 0 Å². The van der Waals surface area contributed by atoms with Gasteiger partial charge in [0.25, 0.3) is 0 Å². The fourth-order valence-electron chi connectivity index (χ4n) is 2.87. The van der Waals surface area contributed by atoms with Gasteiger partial charge in [-0.2, -0.15) is 11.3 Å². The highest BCUT2D eigenvalue weighted by Gasteiger charge is 2.23. The summed E-state index contributed by atoms with van der Waals surface area (Å²) in [6, 6.07) is 6.64. The molecule has 1 atom stereocenters. The maximum Gasteiger partial charge on any atom is 0.122 e. The summed E-state index contributed by atoms with van der Waals surface area (Å²) in [5.41, 5.74) is 1.37. The number of hydrogen-bond acceptors (Lipinski definition) is 4. The minimum Gasteiger partial charge on any atom is -0.468 e. The van der Waals surface area contributed by atoms with Gasteiger partial charge in [0.1, 0.15) is 5.76 Å². The van der Waals surface area contributed by atoms with Gasteiger partial charge in [0, 0.05) is 13.1 Å². The van der Waals surface area contributed by atoms with Crippen LogP contribution in [0.3, 0.4) is 0 Å². The molecule has 1 saturated heterocycles. The van der Waals surface area contributed by atoms with Crippen molar-refractivity contribution < 1.29 is 4.42 Å². The van der Waals surface area contributed by atoms with Crippen LogP contribution in [0.15, 0.2) is 39.6 Å². The lowest BCUT2D eigenvalue weighted by atomic mass is 10.1. The van der Waals surface area contributed by atoms with E-state index in [1.54, 1.807) is 17.6 Å². The molecule has 3 rings (SSSR count). The third-order valence-electron chi connectivity index (χ3n) is 3.95. The Hall–Kier alpha value is -1.10. The Morgan fingerprint density at radius 1 is 1.25 bits per heavy atom. The van der Waals surface area contributed by atoms with E-state index in [4.69, 9.17) is 4.42 Å². The van der Waals surface area contributed by atoms with Crippen LogP contribution in [-0.2, 0) is 6.54 Å². The lowest BCUT2D eigenvalue weighted by Gasteiger charge is -2.33. The summed E-state index contributed by atoms with van der Waals surface area (Å²) < 4.78 is 5.66. The second kappa shape index (κ2) is 7.07. The summed E-state index contributed by atoms with van der Waals surface area (Å²) in [6.45, 7) is 4.26. The SMILES string of the molecule is c1coc(C(CNCc2ccsc2)N2CCCCC2)c1. The third-order valence-corrected chi connectivity index (χ3v) is 4.68. The molecular weight excluding hydrogens is 268 g/mol. The minimum absolute atomic E-state index is 0.365. The average molecular weight is 290 g/mol. The molecule has 108 valence electrons. The van der Waals surface area contributed by atoms with Crippen molar-refractivity contribution in [1.29, 1.82) is 0 Å². The summed E-state index contributed by atoms with van der Waals surface area (Å²) in [7, 11) is 0. The van der Waals surface area contributed by atoms with Gasteiger partial charge in [-0.15, -0.1) is 0 Å². The van der Waals surface area contributed by atoms with E-state index in [0.29, 0.717) is 6.04 Å². The summed E-state index contributed by atoms with van der Waals surface area (Å²) in [4.78, 5) is 2.56. The number of rotatable bonds is 6. The fraction of sp³-hybridized carbons (Fsp3) is 0.500. The number of thiophene rings is 1. The molecule has 0 aromatic carbocycles. The Kier molecular flexibility index (Phi) is 4.90. The van der Waals surface area contributed by atoms with Gasteiger partial charge >= 0.3 is 0 Å². The Morgan fingerprint density at radius 2 is 2.15 bits per heavy atom. The standard InChI is InChI=1S/C16H22N2OS/c1-2-7-18(8-3-1)15(16-5-4-9-19-16)12-17-11-14-6-10-20-13-14/h4-6,9-10,13,15,17H,1-3,7-8,11-12H2. The largest absolute Gasteiger partial charge is 0.468 e. The molecule has 1 aliphatic rings. The lowest BCUT2D eigenvalue weighted by molar-refractivity contribution is 0.142. The van der Waals surface area contributed by atoms with Crippen molar-refractivity contribution in [2.24, 2.45) is 0 Å². The van der Waals surface area contributed by atoms with E-state index in [1.807, 2.05) is 6.07 Å². The molecule has 0 aliphatic carbocycles. The molecule has 0 radical (unpaired) electrons. The Balaban J connectivity index is 1.60. The van der Waals surface area contributed by atoms with E-state index in [0.717, 1.165) is 18.8 Å².